The predicted octanol–water partition coefficient (Wildman–Crippen LogP) is 3.92. The maximum atomic E-state index is 12.1. The number of nitrogens with one attached hydrogen (secondary N) is 2. The van der Waals surface area contributed by atoms with Crippen LogP contribution in [0.5, 0.6) is 0 Å². The Bertz CT molecular complexity index is 611. The van der Waals surface area contributed by atoms with Crippen molar-refractivity contribution in [1.29, 1.82) is 0 Å². The van der Waals surface area contributed by atoms with Gasteiger partial charge in [0.1, 0.15) is 6.61 Å². The third-order valence-corrected chi connectivity index (χ3v) is 4.73. The Morgan fingerprint density at radius 2 is 1.86 bits per heavy atom. The fraction of sp³-hybridized carbons (Fsp3) is 0.650. The lowest BCUT2D eigenvalue weighted by molar-refractivity contribution is -0.176. The third kappa shape index (κ3) is 9.99. The molecule has 1 aromatic rings. The second-order valence-electron chi connectivity index (χ2n) is 6.93. The van der Waals surface area contributed by atoms with E-state index in [0.717, 1.165) is 37.7 Å². The molecule has 0 saturated carbocycles. The normalized spacial score (nSPS) is 17.8. The van der Waals surface area contributed by atoms with E-state index in [1.807, 2.05) is 19.1 Å². The molecule has 1 aliphatic heterocycles. The molecular weight excluding hydrogens is 496 g/mol. The Hall–Kier alpha value is -1.07. The number of likely N-dealkylation sites (N-methyl/N-ethyl adjacent to an activating group) is 1. The van der Waals surface area contributed by atoms with Crippen LogP contribution in [0.2, 0.25) is 0 Å². The van der Waals surface area contributed by atoms with Crippen molar-refractivity contribution in [3.05, 3.63) is 35.4 Å². The van der Waals surface area contributed by atoms with Crippen LogP contribution in [0.1, 0.15) is 37.8 Å². The molecule has 0 radical (unpaired) electrons. The molecule has 0 bridgehead atoms. The number of rotatable bonds is 9. The minimum Gasteiger partial charge on any atom is -0.367 e. The summed E-state index contributed by atoms with van der Waals surface area (Å²) in [6.07, 6.45) is -1.85. The molecule has 1 saturated heterocycles. The monoisotopic (exact) mass is 528 g/mol. The van der Waals surface area contributed by atoms with Crippen molar-refractivity contribution in [3.8, 4) is 0 Å². The van der Waals surface area contributed by atoms with Gasteiger partial charge in [0.25, 0.3) is 0 Å². The first-order valence-electron chi connectivity index (χ1n) is 9.89. The molecular formula is C20H32F3IN4O. The number of ether oxygens (including phenoxy) is 1. The second-order valence-corrected chi connectivity index (χ2v) is 6.93. The van der Waals surface area contributed by atoms with E-state index in [1.165, 1.54) is 12.8 Å². The van der Waals surface area contributed by atoms with E-state index in [0.29, 0.717) is 18.2 Å². The Labute approximate surface area is 188 Å². The van der Waals surface area contributed by atoms with Crippen molar-refractivity contribution in [2.75, 3.05) is 32.8 Å². The summed E-state index contributed by atoms with van der Waals surface area (Å²) in [5.74, 6) is 0.781. The predicted molar refractivity (Wildman–Crippen MR) is 121 cm³/mol. The van der Waals surface area contributed by atoms with E-state index >= 15 is 0 Å². The molecule has 1 aliphatic rings. The first-order valence-corrected chi connectivity index (χ1v) is 9.89. The van der Waals surface area contributed by atoms with Crippen molar-refractivity contribution in [2.45, 2.75) is 52.1 Å². The molecule has 0 spiro atoms. The summed E-state index contributed by atoms with van der Waals surface area (Å²) < 4.78 is 41.0. The van der Waals surface area contributed by atoms with E-state index in [9.17, 15) is 13.2 Å². The fourth-order valence-electron chi connectivity index (χ4n) is 3.29. The van der Waals surface area contributed by atoms with Crippen molar-refractivity contribution < 1.29 is 17.9 Å². The van der Waals surface area contributed by atoms with Crippen LogP contribution in [0.3, 0.4) is 0 Å². The lowest BCUT2D eigenvalue weighted by Crippen LogP contribution is -2.44. The molecule has 2 rings (SSSR count). The Morgan fingerprint density at radius 1 is 1.17 bits per heavy atom. The minimum atomic E-state index is -4.29. The summed E-state index contributed by atoms with van der Waals surface area (Å²) in [6.45, 7) is 7.32. The fourth-order valence-corrected chi connectivity index (χ4v) is 3.29. The highest BCUT2D eigenvalue weighted by atomic mass is 127. The molecule has 0 amide bonds. The number of aliphatic imine (C=N–C) groups is 1. The van der Waals surface area contributed by atoms with E-state index < -0.39 is 12.8 Å². The van der Waals surface area contributed by atoms with Crippen molar-refractivity contribution in [3.63, 3.8) is 0 Å². The van der Waals surface area contributed by atoms with Crippen LogP contribution in [0, 0.1) is 0 Å². The van der Waals surface area contributed by atoms with Gasteiger partial charge in [0.2, 0.25) is 0 Å². The lowest BCUT2D eigenvalue weighted by Gasteiger charge is -2.24. The molecule has 5 nitrogen and oxygen atoms in total. The molecule has 166 valence electrons. The van der Waals surface area contributed by atoms with E-state index in [4.69, 9.17) is 0 Å². The molecule has 1 heterocycles. The lowest BCUT2D eigenvalue weighted by atomic mass is 10.1. The van der Waals surface area contributed by atoms with Gasteiger partial charge in [-0.3, -0.25) is 4.90 Å². The van der Waals surface area contributed by atoms with Gasteiger partial charge in [-0.2, -0.15) is 13.2 Å². The Kier molecular flexibility index (Phi) is 11.9. The zero-order chi connectivity index (χ0) is 20.4. The largest absolute Gasteiger partial charge is 0.411 e. The van der Waals surface area contributed by atoms with Crippen LogP contribution >= 0.6 is 24.0 Å². The van der Waals surface area contributed by atoms with E-state index in [-0.39, 0.29) is 30.6 Å². The number of guanidine groups is 1. The maximum Gasteiger partial charge on any atom is 0.411 e. The van der Waals surface area contributed by atoms with Crippen LogP contribution < -0.4 is 10.6 Å². The average Bonchev–Trinajstić information content (AvgIpc) is 3.11. The minimum absolute atomic E-state index is 0. The first kappa shape index (κ1) is 26.0. The summed E-state index contributed by atoms with van der Waals surface area (Å²) in [7, 11) is 0. The number of benzene rings is 1. The maximum absolute atomic E-state index is 12.1. The zero-order valence-electron chi connectivity index (χ0n) is 17.1. The van der Waals surface area contributed by atoms with Gasteiger partial charge >= 0.3 is 6.18 Å². The third-order valence-electron chi connectivity index (χ3n) is 4.73. The van der Waals surface area contributed by atoms with Crippen LogP contribution in [0.25, 0.3) is 0 Å². The van der Waals surface area contributed by atoms with Crippen molar-refractivity contribution in [2.24, 2.45) is 4.99 Å². The topological polar surface area (TPSA) is 48.9 Å². The summed E-state index contributed by atoms with van der Waals surface area (Å²) >= 11 is 0. The highest BCUT2D eigenvalue weighted by Gasteiger charge is 2.27. The van der Waals surface area contributed by atoms with Gasteiger partial charge in [-0.1, -0.05) is 31.2 Å². The van der Waals surface area contributed by atoms with Gasteiger partial charge in [-0.15, -0.1) is 24.0 Å². The molecule has 1 fully saturated rings. The number of alkyl halides is 3. The molecule has 1 aromatic carbocycles. The van der Waals surface area contributed by atoms with Gasteiger partial charge < -0.3 is 15.4 Å². The Balaban J connectivity index is 0.00000420. The molecule has 1 unspecified atom stereocenters. The second kappa shape index (κ2) is 13.3. The molecule has 9 heteroatoms. The van der Waals surface area contributed by atoms with E-state index in [1.54, 1.807) is 12.1 Å². The molecule has 1 atom stereocenters. The molecule has 0 aliphatic carbocycles. The van der Waals surface area contributed by atoms with Gasteiger partial charge in [-0.05, 0) is 44.0 Å². The van der Waals surface area contributed by atoms with Gasteiger partial charge in [-0.25, -0.2) is 4.99 Å². The number of nitrogens with zero attached hydrogens (tertiary/aromatic N) is 2. The van der Waals surface area contributed by atoms with Gasteiger partial charge in [0, 0.05) is 19.1 Å². The SMILES string of the molecule is CCNC(=NCc1ccc(COCC(F)(F)F)cc1)NCC1CCCN1CC.I. The van der Waals surface area contributed by atoms with Crippen molar-refractivity contribution >= 4 is 29.9 Å². The summed E-state index contributed by atoms with van der Waals surface area (Å²) in [5.41, 5.74) is 1.70. The Morgan fingerprint density at radius 3 is 2.48 bits per heavy atom. The summed E-state index contributed by atoms with van der Waals surface area (Å²) in [4.78, 5) is 7.10. The number of likely N-dealkylation sites (tertiary alicyclic amines) is 1. The number of hydrogen-bond donors (Lipinski definition) is 2. The van der Waals surface area contributed by atoms with Crippen LogP contribution in [-0.4, -0.2) is 55.9 Å². The van der Waals surface area contributed by atoms with E-state index in [2.05, 4.69) is 32.2 Å². The first-order chi connectivity index (χ1) is 13.4. The highest BCUT2D eigenvalue weighted by Crippen LogP contribution is 2.16. The van der Waals surface area contributed by atoms with Gasteiger partial charge in [0.15, 0.2) is 5.96 Å². The van der Waals surface area contributed by atoms with Crippen molar-refractivity contribution in [1.82, 2.24) is 15.5 Å². The smallest absolute Gasteiger partial charge is 0.367 e. The van der Waals surface area contributed by atoms with Crippen LogP contribution in [0.4, 0.5) is 13.2 Å². The molecule has 0 aromatic heterocycles. The molecule has 29 heavy (non-hydrogen) atoms. The van der Waals surface area contributed by atoms with Gasteiger partial charge in [0.05, 0.1) is 13.2 Å². The highest BCUT2D eigenvalue weighted by molar-refractivity contribution is 14.0. The average molecular weight is 528 g/mol. The van der Waals surface area contributed by atoms with Crippen LogP contribution in [0.15, 0.2) is 29.3 Å². The number of hydrogen-bond acceptors (Lipinski definition) is 3. The standard InChI is InChI=1S/C20H31F3N4O.HI/c1-3-24-19(26-13-18-6-5-11-27(18)4-2)25-12-16-7-9-17(10-8-16)14-28-15-20(21,22)23;/h7-10,18H,3-6,11-15H2,1-2H3,(H2,24,25,26);1H. The van der Waals surface area contributed by atoms with Crippen LogP contribution in [-0.2, 0) is 17.9 Å². The quantitative estimate of drug-likeness (QED) is 0.290. The number of halogens is 4. The zero-order valence-corrected chi connectivity index (χ0v) is 19.4. The molecule has 2 N–H and O–H groups in total. The summed E-state index contributed by atoms with van der Waals surface area (Å²) in [5, 5.41) is 6.68. The summed E-state index contributed by atoms with van der Waals surface area (Å²) in [6, 6.07) is 7.84.